The molecule has 2 heterocycles. The number of nitrogens with one attached hydrogen (secondary N) is 1. The molecule has 0 bridgehead atoms. The summed E-state index contributed by atoms with van der Waals surface area (Å²) in [5, 5.41) is 14.2. The number of halogens is 1. The first-order valence-electron chi connectivity index (χ1n) is 9.67. The minimum atomic E-state index is -1.22. The van der Waals surface area contributed by atoms with Crippen LogP contribution in [0, 0.1) is 6.92 Å². The lowest BCUT2D eigenvalue weighted by molar-refractivity contribution is -0.118. The van der Waals surface area contributed by atoms with E-state index in [2.05, 4.69) is 10.3 Å². The van der Waals surface area contributed by atoms with E-state index in [0.29, 0.717) is 21.1 Å². The molecule has 1 unspecified atom stereocenters. The molecule has 0 aliphatic carbocycles. The van der Waals surface area contributed by atoms with Crippen LogP contribution in [0.1, 0.15) is 28.9 Å². The van der Waals surface area contributed by atoms with Gasteiger partial charge in [-0.2, -0.15) is 0 Å². The molecule has 0 radical (unpaired) electrons. The van der Waals surface area contributed by atoms with Gasteiger partial charge in [-0.15, -0.1) is 11.3 Å². The highest BCUT2D eigenvalue weighted by atomic mass is 35.5. The van der Waals surface area contributed by atoms with Crippen LogP contribution in [0.5, 0.6) is 0 Å². The molecular weight excluding hydrogens is 450 g/mol. The smallest absolute Gasteiger partial charge is 0.337 e. The standard InChI is InChI=1S/C23H18ClN3O4S/c1-12-8-9-15(10-17(12)24)25-20(28)13(2)27-19(14-6-4-3-5-7-14)26-21-18(22(27)29)16(11-32-21)23(30)31/h3-11,13H,1-2H3,(H,25,28)(H,30,31). The van der Waals surface area contributed by atoms with Gasteiger partial charge in [-0.1, -0.05) is 48.0 Å². The quantitative estimate of drug-likeness (QED) is 0.430. The molecule has 32 heavy (non-hydrogen) atoms. The molecule has 0 saturated carbocycles. The number of hydrogen-bond donors (Lipinski definition) is 2. The van der Waals surface area contributed by atoms with Gasteiger partial charge in [0.1, 0.15) is 16.7 Å². The number of anilines is 1. The number of aromatic carboxylic acids is 1. The van der Waals surface area contributed by atoms with Gasteiger partial charge in [0.25, 0.3) is 5.56 Å². The normalized spacial score (nSPS) is 12.0. The zero-order chi connectivity index (χ0) is 23.0. The predicted molar refractivity (Wildman–Crippen MR) is 126 cm³/mol. The lowest BCUT2D eigenvalue weighted by atomic mass is 10.1. The van der Waals surface area contributed by atoms with Gasteiger partial charge in [-0.25, -0.2) is 9.78 Å². The maximum absolute atomic E-state index is 13.5. The minimum Gasteiger partial charge on any atom is -0.478 e. The zero-order valence-corrected chi connectivity index (χ0v) is 18.7. The van der Waals surface area contributed by atoms with E-state index in [0.717, 1.165) is 16.9 Å². The molecule has 7 nitrogen and oxygen atoms in total. The molecule has 9 heteroatoms. The van der Waals surface area contributed by atoms with Gasteiger partial charge in [-0.3, -0.25) is 14.2 Å². The summed E-state index contributed by atoms with van der Waals surface area (Å²) < 4.78 is 1.24. The van der Waals surface area contributed by atoms with E-state index in [1.54, 1.807) is 49.4 Å². The lowest BCUT2D eigenvalue weighted by Crippen LogP contribution is -2.33. The van der Waals surface area contributed by atoms with Crippen LogP contribution in [-0.2, 0) is 4.79 Å². The van der Waals surface area contributed by atoms with Crippen molar-refractivity contribution in [2.75, 3.05) is 5.32 Å². The number of aromatic nitrogens is 2. The Bertz CT molecular complexity index is 1410. The van der Waals surface area contributed by atoms with E-state index in [4.69, 9.17) is 11.6 Å². The first-order valence-corrected chi connectivity index (χ1v) is 10.9. The van der Waals surface area contributed by atoms with Gasteiger partial charge in [0.15, 0.2) is 0 Å². The highest BCUT2D eigenvalue weighted by Gasteiger charge is 2.26. The maximum Gasteiger partial charge on any atom is 0.337 e. The number of carbonyl (C=O) groups is 2. The number of carboxylic acids is 1. The molecule has 2 aromatic carbocycles. The second kappa shape index (κ2) is 8.57. The van der Waals surface area contributed by atoms with E-state index >= 15 is 0 Å². The van der Waals surface area contributed by atoms with Crippen LogP contribution in [0.15, 0.2) is 58.7 Å². The number of nitrogens with zero attached hydrogens (tertiary/aromatic N) is 2. The van der Waals surface area contributed by atoms with Crippen LogP contribution in [0.25, 0.3) is 21.6 Å². The van der Waals surface area contributed by atoms with Crippen molar-refractivity contribution in [3.8, 4) is 11.4 Å². The molecule has 4 rings (SSSR count). The van der Waals surface area contributed by atoms with Gasteiger partial charge < -0.3 is 10.4 Å². The van der Waals surface area contributed by atoms with Crippen molar-refractivity contribution < 1.29 is 14.7 Å². The largest absolute Gasteiger partial charge is 0.478 e. The summed E-state index contributed by atoms with van der Waals surface area (Å²) in [6.07, 6.45) is 0. The maximum atomic E-state index is 13.5. The summed E-state index contributed by atoms with van der Waals surface area (Å²) in [6.45, 7) is 3.42. The van der Waals surface area contributed by atoms with Crippen molar-refractivity contribution in [2.45, 2.75) is 19.9 Å². The zero-order valence-electron chi connectivity index (χ0n) is 17.1. The molecule has 162 valence electrons. The Morgan fingerprint density at radius 1 is 1.19 bits per heavy atom. The summed E-state index contributed by atoms with van der Waals surface area (Å²) in [4.78, 5) is 43.1. The van der Waals surface area contributed by atoms with Gasteiger partial charge in [0.2, 0.25) is 5.91 Å². The minimum absolute atomic E-state index is 0.0137. The highest BCUT2D eigenvalue weighted by Crippen LogP contribution is 2.28. The fraction of sp³-hybridized carbons (Fsp3) is 0.130. The Kier molecular flexibility index (Phi) is 5.82. The van der Waals surface area contributed by atoms with Crippen molar-refractivity contribution >= 4 is 50.7 Å². The summed E-state index contributed by atoms with van der Waals surface area (Å²) in [6, 6.07) is 13.1. The van der Waals surface area contributed by atoms with Crippen LogP contribution in [-0.4, -0.2) is 26.5 Å². The third-order valence-electron chi connectivity index (χ3n) is 5.11. The predicted octanol–water partition coefficient (Wildman–Crippen LogP) is 4.98. The number of fused-ring (bicyclic) bond motifs is 1. The molecule has 0 spiro atoms. The average Bonchev–Trinajstić information content (AvgIpc) is 3.21. The van der Waals surface area contributed by atoms with Gasteiger partial charge >= 0.3 is 5.97 Å². The molecule has 0 aliphatic heterocycles. The topological polar surface area (TPSA) is 101 Å². The molecular formula is C23H18ClN3O4S. The number of thiophene rings is 1. The third-order valence-corrected chi connectivity index (χ3v) is 6.39. The fourth-order valence-electron chi connectivity index (χ4n) is 3.35. The molecule has 1 atom stereocenters. The third kappa shape index (κ3) is 3.90. The van der Waals surface area contributed by atoms with Crippen molar-refractivity contribution in [3.63, 3.8) is 0 Å². The van der Waals surface area contributed by atoms with Crippen molar-refractivity contribution in [1.82, 2.24) is 9.55 Å². The van der Waals surface area contributed by atoms with Crippen LogP contribution < -0.4 is 10.9 Å². The Labute approximate surface area is 191 Å². The van der Waals surface area contributed by atoms with Gasteiger partial charge in [-0.05, 0) is 31.5 Å². The Hall–Kier alpha value is -3.49. The molecule has 4 aromatic rings. The molecule has 2 N–H and O–H groups in total. The monoisotopic (exact) mass is 467 g/mol. The molecule has 1 amide bonds. The number of rotatable bonds is 5. The van der Waals surface area contributed by atoms with E-state index in [-0.39, 0.29) is 16.8 Å². The number of carbonyl (C=O) groups excluding carboxylic acids is 1. The van der Waals surface area contributed by atoms with Crippen LogP contribution in [0.4, 0.5) is 5.69 Å². The Balaban J connectivity index is 1.86. The van der Waals surface area contributed by atoms with Crippen molar-refractivity contribution in [1.29, 1.82) is 0 Å². The Morgan fingerprint density at radius 2 is 1.91 bits per heavy atom. The van der Waals surface area contributed by atoms with Gasteiger partial charge in [0.05, 0.1) is 10.9 Å². The Morgan fingerprint density at radius 3 is 2.56 bits per heavy atom. The molecule has 0 aliphatic rings. The number of benzene rings is 2. The lowest BCUT2D eigenvalue weighted by Gasteiger charge is -2.19. The number of carboxylic acid groups (broad SMARTS) is 1. The average molecular weight is 468 g/mol. The van der Waals surface area contributed by atoms with E-state index < -0.39 is 23.5 Å². The summed E-state index contributed by atoms with van der Waals surface area (Å²) >= 11 is 7.23. The first-order chi connectivity index (χ1) is 15.3. The van der Waals surface area contributed by atoms with Crippen molar-refractivity contribution in [2.24, 2.45) is 0 Å². The SMILES string of the molecule is Cc1ccc(NC(=O)C(C)n2c(-c3ccccc3)nc3scc(C(=O)O)c3c2=O)cc1Cl. The second-order valence-corrected chi connectivity index (χ2v) is 8.51. The number of aryl methyl sites for hydroxylation is 1. The summed E-state index contributed by atoms with van der Waals surface area (Å²) in [5.41, 5.74) is 1.27. The molecule has 0 saturated heterocycles. The van der Waals surface area contributed by atoms with Crippen LogP contribution in [0.2, 0.25) is 5.02 Å². The molecule has 0 fully saturated rings. The summed E-state index contributed by atoms with van der Waals surface area (Å²) in [7, 11) is 0. The van der Waals surface area contributed by atoms with E-state index in [1.807, 2.05) is 13.0 Å². The van der Waals surface area contributed by atoms with E-state index in [1.165, 1.54) is 9.95 Å². The fourth-order valence-corrected chi connectivity index (χ4v) is 4.43. The van der Waals surface area contributed by atoms with E-state index in [9.17, 15) is 19.5 Å². The molecule has 2 aromatic heterocycles. The van der Waals surface area contributed by atoms with Crippen LogP contribution in [0.3, 0.4) is 0 Å². The van der Waals surface area contributed by atoms with Crippen molar-refractivity contribution in [3.05, 3.63) is 80.4 Å². The number of amides is 1. The van der Waals surface area contributed by atoms with Crippen LogP contribution >= 0.6 is 22.9 Å². The highest BCUT2D eigenvalue weighted by molar-refractivity contribution is 7.17. The van der Waals surface area contributed by atoms with Gasteiger partial charge in [0, 0.05) is 21.7 Å². The second-order valence-electron chi connectivity index (χ2n) is 7.24. The summed E-state index contributed by atoms with van der Waals surface area (Å²) in [5.74, 6) is -1.40. The first kappa shape index (κ1) is 21.7. The number of hydrogen-bond acceptors (Lipinski definition) is 5.